The smallest absolute Gasteiger partial charge is 0.263 e. The first-order valence-corrected chi connectivity index (χ1v) is 9.07. The number of carbonyl (C=O) groups excluding carboxylic acids is 1. The molecule has 1 aromatic carbocycles. The minimum atomic E-state index is -0.104. The molecule has 0 atom stereocenters. The molecule has 1 aliphatic rings. The van der Waals surface area contributed by atoms with E-state index in [1.807, 2.05) is 30.5 Å². The van der Waals surface area contributed by atoms with Crippen molar-refractivity contribution in [1.29, 1.82) is 0 Å². The number of ether oxygens (including phenoxy) is 2. The standard InChI is InChI=1S/C17H14N2O3S2/c1-10-4-5-23-14(10)7-18-16(20)15-8-19-17(24-15)11-2-3-12-13(6-11)22-9-21-12/h2-6,8H,7,9H2,1H3,(H,18,20). The molecule has 1 amide bonds. The number of fused-ring (bicyclic) bond motifs is 1. The summed E-state index contributed by atoms with van der Waals surface area (Å²) in [4.78, 5) is 18.4. The van der Waals surface area contributed by atoms with Gasteiger partial charge in [-0.25, -0.2) is 4.98 Å². The van der Waals surface area contributed by atoms with Crippen LogP contribution < -0.4 is 14.8 Å². The predicted octanol–water partition coefficient (Wildman–Crippen LogP) is 3.84. The number of benzene rings is 1. The Balaban J connectivity index is 1.48. The van der Waals surface area contributed by atoms with Crippen LogP contribution in [-0.4, -0.2) is 17.7 Å². The van der Waals surface area contributed by atoms with Crippen molar-refractivity contribution >= 4 is 28.6 Å². The number of thiophene rings is 1. The molecular weight excluding hydrogens is 344 g/mol. The summed E-state index contributed by atoms with van der Waals surface area (Å²) < 4.78 is 10.7. The maximum absolute atomic E-state index is 12.3. The molecule has 0 unspecified atom stereocenters. The molecule has 3 aromatic rings. The molecule has 1 N–H and O–H groups in total. The summed E-state index contributed by atoms with van der Waals surface area (Å²) >= 11 is 3.01. The van der Waals surface area contributed by atoms with E-state index in [-0.39, 0.29) is 12.7 Å². The Morgan fingerprint density at radius 1 is 1.29 bits per heavy atom. The predicted molar refractivity (Wildman–Crippen MR) is 93.9 cm³/mol. The van der Waals surface area contributed by atoms with Gasteiger partial charge in [-0.05, 0) is 42.1 Å². The lowest BCUT2D eigenvalue weighted by Gasteiger charge is -2.02. The van der Waals surface area contributed by atoms with Crippen LogP contribution >= 0.6 is 22.7 Å². The van der Waals surface area contributed by atoms with Crippen LogP contribution in [0.4, 0.5) is 0 Å². The second-order valence-corrected chi connectivity index (χ2v) is 7.34. The number of thiazole rings is 1. The van der Waals surface area contributed by atoms with E-state index in [9.17, 15) is 4.79 Å². The highest BCUT2D eigenvalue weighted by Gasteiger charge is 2.17. The third-order valence-corrected chi connectivity index (χ3v) is 5.79. The molecule has 0 saturated carbocycles. The van der Waals surface area contributed by atoms with E-state index in [0.717, 1.165) is 16.3 Å². The van der Waals surface area contributed by atoms with Gasteiger partial charge in [0.25, 0.3) is 5.91 Å². The third-order valence-electron chi connectivity index (χ3n) is 3.73. The van der Waals surface area contributed by atoms with E-state index >= 15 is 0 Å². The molecule has 24 heavy (non-hydrogen) atoms. The molecule has 7 heteroatoms. The second-order valence-electron chi connectivity index (χ2n) is 5.31. The normalized spacial score (nSPS) is 12.4. The summed E-state index contributed by atoms with van der Waals surface area (Å²) in [7, 11) is 0. The van der Waals surface area contributed by atoms with E-state index in [1.165, 1.54) is 21.8 Å². The highest BCUT2D eigenvalue weighted by Crippen LogP contribution is 2.36. The molecule has 0 bridgehead atoms. The SMILES string of the molecule is Cc1ccsc1CNC(=O)c1cnc(-c2ccc3c(c2)OCO3)s1. The zero-order valence-electron chi connectivity index (χ0n) is 12.9. The van der Waals surface area contributed by atoms with E-state index < -0.39 is 0 Å². The average Bonchev–Trinajstić information content (AvgIpc) is 3.32. The van der Waals surface area contributed by atoms with Crippen molar-refractivity contribution in [3.63, 3.8) is 0 Å². The van der Waals surface area contributed by atoms with E-state index in [4.69, 9.17) is 9.47 Å². The molecule has 122 valence electrons. The number of carbonyl (C=O) groups is 1. The first-order valence-electron chi connectivity index (χ1n) is 7.38. The highest BCUT2D eigenvalue weighted by molar-refractivity contribution is 7.16. The summed E-state index contributed by atoms with van der Waals surface area (Å²) in [5, 5.41) is 5.76. The fraction of sp³-hybridized carbons (Fsp3) is 0.176. The van der Waals surface area contributed by atoms with E-state index in [1.54, 1.807) is 17.5 Å². The zero-order chi connectivity index (χ0) is 16.5. The Kier molecular flexibility index (Phi) is 3.95. The minimum absolute atomic E-state index is 0.104. The van der Waals surface area contributed by atoms with Crippen LogP contribution in [0.5, 0.6) is 11.5 Å². The van der Waals surface area contributed by atoms with Gasteiger partial charge in [0.2, 0.25) is 6.79 Å². The van der Waals surface area contributed by atoms with Gasteiger partial charge >= 0.3 is 0 Å². The van der Waals surface area contributed by atoms with Crippen molar-refractivity contribution in [2.45, 2.75) is 13.5 Å². The van der Waals surface area contributed by atoms with Crippen LogP contribution in [0.15, 0.2) is 35.8 Å². The minimum Gasteiger partial charge on any atom is -0.454 e. The molecule has 1 aliphatic heterocycles. The van der Waals surface area contributed by atoms with Gasteiger partial charge in [-0.15, -0.1) is 22.7 Å². The Bertz CT molecular complexity index is 901. The van der Waals surface area contributed by atoms with Crippen molar-refractivity contribution in [2.24, 2.45) is 0 Å². The monoisotopic (exact) mass is 358 g/mol. The maximum Gasteiger partial charge on any atom is 0.263 e. The van der Waals surface area contributed by atoms with Gasteiger partial charge in [-0.3, -0.25) is 4.79 Å². The first kappa shape index (κ1) is 15.2. The molecular formula is C17H14N2O3S2. The summed E-state index contributed by atoms with van der Waals surface area (Å²) in [6.07, 6.45) is 1.61. The van der Waals surface area contributed by atoms with Gasteiger partial charge in [0.05, 0.1) is 12.7 Å². The lowest BCUT2D eigenvalue weighted by molar-refractivity contribution is 0.0955. The lowest BCUT2D eigenvalue weighted by Crippen LogP contribution is -2.21. The largest absolute Gasteiger partial charge is 0.454 e. The first-order chi connectivity index (χ1) is 11.7. The third kappa shape index (κ3) is 2.88. The van der Waals surface area contributed by atoms with E-state index in [0.29, 0.717) is 17.2 Å². The zero-order valence-corrected chi connectivity index (χ0v) is 14.5. The Labute approximate surface area is 146 Å². The van der Waals surface area contributed by atoms with Gasteiger partial charge in [-0.2, -0.15) is 0 Å². The summed E-state index contributed by atoms with van der Waals surface area (Å²) in [5.74, 6) is 1.34. The van der Waals surface area contributed by atoms with Gasteiger partial charge in [0.1, 0.15) is 9.88 Å². The van der Waals surface area contributed by atoms with Gasteiger partial charge < -0.3 is 14.8 Å². The quantitative estimate of drug-likeness (QED) is 0.770. The molecule has 0 saturated heterocycles. The number of aryl methyl sites for hydroxylation is 1. The Morgan fingerprint density at radius 2 is 2.17 bits per heavy atom. The average molecular weight is 358 g/mol. The van der Waals surface area contributed by atoms with Crippen LogP contribution in [0.3, 0.4) is 0 Å². The van der Waals surface area contributed by atoms with Crippen molar-refractivity contribution < 1.29 is 14.3 Å². The highest BCUT2D eigenvalue weighted by atomic mass is 32.1. The number of amides is 1. The molecule has 0 fully saturated rings. The molecule has 0 aliphatic carbocycles. The van der Waals surface area contributed by atoms with Gasteiger partial charge in [0.15, 0.2) is 11.5 Å². The van der Waals surface area contributed by atoms with Gasteiger partial charge in [0, 0.05) is 10.4 Å². The van der Waals surface area contributed by atoms with Crippen molar-refractivity contribution in [2.75, 3.05) is 6.79 Å². The number of hydrogen-bond acceptors (Lipinski definition) is 6. The van der Waals surface area contributed by atoms with Crippen LogP contribution in [0.1, 0.15) is 20.1 Å². The number of aromatic nitrogens is 1. The summed E-state index contributed by atoms with van der Waals surface area (Å²) in [6, 6.07) is 7.72. The molecule has 2 aromatic heterocycles. The van der Waals surface area contributed by atoms with Crippen LogP contribution in [-0.2, 0) is 6.54 Å². The Hall–Kier alpha value is -2.38. The van der Waals surface area contributed by atoms with Crippen LogP contribution in [0, 0.1) is 6.92 Å². The lowest BCUT2D eigenvalue weighted by atomic mass is 10.2. The fourth-order valence-corrected chi connectivity index (χ4v) is 4.05. The molecule has 3 heterocycles. The number of nitrogens with zero attached hydrogens (tertiary/aromatic N) is 1. The summed E-state index contributed by atoms with van der Waals surface area (Å²) in [6.45, 7) is 2.83. The topological polar surface area (TPSA) is 60.5 Å². The summed E-state index contributed by atoms with van der Waals surface area (Å²) in [5.41, 5.74) is 2.11. The molecule has 5 nitrogen and oxygen atoms in total. The maximum atomic E-state index is 12.3. The number of hydrogen-bond donors (Lipinski definition) is 1. The van der Waals surface area contributed by atoms with Crippen molar-refractivity contribution in [3.05, 3.63) is 51.2 Å². The Morgan fingerprint density at radius 3 is 3.00 bits per heavy atom. The molecule has 4 rings (SSSR count). The van der Waals surface area contributed by atoms with Crippen molar-refractivity contribution in [1.82, 2.24) is 10.3 Å². The molecule has 0 radical (unpaired) electrons. The van der Waals surface area contributed by atoms with Crippen LogP contribution in [0.2, 0.25) is 0 Å². The van der Waals surface area contributed by atoms with Gasteiger partial charge in [-0.1, -0.05) is 0 Å². The number of nitrogens with one attached hydrogen (secondary N) is 1. The number of rotatable bonds is 4. The van der Waals surface area contributed by atoms with Crippen molar-refractivity contribution in [3.8, 4) is 22.1 Å². The van der Waals surface area contributed by atoms with Crippen LogP contribution in [0.25, 0.3) is 10.6 Å². The van der Waals surface area contributed by atoms with E-state index in [2.05, 4.69) is 16.4 Å². The fourth-order valence-electron chi connectivity index (χ4n) is 2.37. The second kappa shape index (κ2) is 6.26. The molecule has 0 spiro atoms.